The van der Waals surface area contributed by atoms with Crippen LogP contribution >= 0.6 is 0 Å². The number of rotatable bonds is 0. The maximum Gasteiger partial charge on any atom is 0.132 e. The number of nitrogen functional groups attached to an aromatic ring is 1. The van der Waals surface area contributed by atoms with Crippen molar-refractivity contribution in [2.45, 2.75) is 19.4 Å². The third kappa shape index (κ3) is 1.14. The number of nitrogens with two attached hydrogens (primary N) is 1. The summed E-state index contributed by atoms with van der Waals surface area (Å²) >= 11 is 0. The Kier molecular flexibility index (Phi) is 1.59. The van der Waals surface area contributed by atoms with Crippen LogP contribution in [0.4, 0.5) is 11.6 Å². The average Bonchev–Trinajstić information content (AvgIpc) is 2.59. The van der Waals surface area contributed by atoms with E-state index in [1.54, 1.807) is 12.4 Å². The van der Waals surface area contributed by atoms with Gasteiger partial charge in [0, 0.05) is 29.4 Å². The van der Waals surface area contributed by atoms with Crippen molar-refractivity contribution in [3.05, 3.63) is 24.0 Å². The fourth-order valence-corrected chi connectivity index (χ4v) is 2.14. The molecule has 0 aliphatic carbocycles. The second-order valence-electron chi connectivity index (χ2n) is 3.99. The first-order chi connectivity index (χ1) is 7.25. The van der Waals surface area contributed by atoms with Crippen LogP contribution in [0.1, 0.15) is 12.5 Å². The summed E-state index contributed by atoms with van der Waals surface area (Å²) in [7, 11) is 0. The number of nitrogens with one attached hydrogen (secondary N) is 1. The maximum atomic E-state index is 5.81. The zero-order chi connectivity index (χ0) is 10.4. The average molecular weight is 200 g/mol. The molecule has 4 heteroatoms. The molecule has 0 spiro atoms. The Morgan fingerprint density at radius 1 is 1.40 bits per heavy atom. The standard InChI is InChI=1S/C11H12N4/c1-6-4-8-7-2-3-13-10(12)9(7)5-14-11(8)15-6/h2-3,5-6H,4H2,1H3,(H2,12,13)(H,14,15)/t6-/m0/s1. The number of pyridine rings is 2. The summed E-state index contributed by atoms with van der Waals surface area (Å²) in [5.74, 6) is 1.54. The van der Waals surface area contributed by atoms with E-state index < -0.39 is 0 Å². The zero-order valence-corrected chi connectivity index (χ0v) is 8.49. The summed E-state index contributed by atoms with van der Waals surface area (Å²) in [5.41, 5.74) is 7.07. The SMILES string of the molecule is C[C@H]1Cc2c(ncc3c(N)nccc23)N1. The van der Waals surface area contributed by atoms with Gasteiger partial charge >= 0.3 is 0 Å². The maximum absolute atomic E-state index is 5.81. The molecular weight excluding hydrogens is 188 g/mol. The molecule has 2 aromatic rings. The summed E-state index contributed by atoms with van der Waals surface area (Å²) in [6.45, 7) is 2.15. The number of nitrogens with zero attached hydrogens (tertiary/aromatic N) is 2. The Morgan fingerprint density at radius 3 is 3.13 bits per heavy atom. The molecule has 0 fully saturated rings. The third-order valence-electron chi connectivity index (χ3n) is 2.85. The number of hydrogen-bond donors (Lipinski definition) is 2. The van der Waals surface area contributed by atoms with Gasteiger partial charge in [-0.25, -0.2) is 9.97 Å². The minimum absolute atomic E-state index is 0.451. The van der Waals surface area contributed by atoms with Crippen molar-refractivity contribution in [2.24, 2.45) is 0 Å². The summed E-state index contributed by atoms with van der Waals surface area (Å²) in [5, 5.41) is 5.46. The van der Waals surface area contributed by atoms with Gasteiger partial charge in [0.2, 0.25) is 0 Å². The molecule has 1 aliphatic rings. The van der Waals surface area contributed by atoms with Gasteiger partial charge in [0.15, 0.2) is 0 Å². The normalized spacial score (nSPS) is 18.9. The van der Waals surface area contributed by atoms with Gasteiger partial charge in [0.05, 0.1) is 0 Å². The molecule has 0 aromatic carbocycles. The van der Waals surface area contributed by atoms with Crippen LogP contribution in [0, 0.1) is 0 Å². The monoisotopic (exact) mass is 200 g/mol. The largest absolute Gasteiger partial charge is 0.383 e. The molecule has 76 valence electrons. The highest BCUT2D eigenvalue weighted by Crippen LogP contribution is 2.31. The third-order valence-corrected chi connectivity index (χ3v) is 2.85. The second kappa shape index (κ2) is 2.82. The van der Waals surface area contributed by atoms with E-state index in [-0.39, 0.29) is 0 Å². The molecular formula is C11H12N4. The fraction of sp³-hybridized carbons (Fsp3) is 0.273. The molecule has 0 bridgehead atoms. The van der Waals surface area contributed by atoms with Gasteiger partial charge in [-0.15, -0.1) is 0 Å². The van der Waals surface area contributed by atoms with Crippen LogP contribution < -0.4 is 11.1 Å². The molecule has 2 aromatic heterocycles. The number of aromatic nitrogens is 2. The molecule has 4 nitrogen and oxygen atoms in total. The van der Waals surface area contributed by atoms with Gasteiger partial charge < -0.3 is 11.1 Å². The van der Waals surface area contributed by atoms with Crippen LogP contribution in [0.3, 0.4) is 0 Å². The molecule has 0 unspecified atom stereocenters. The van der Waals surface area contributed by atoms with Gasteiger partial charge in [0.25, 0.3) is 0 Å². The first-order valence-corrected chi connectivity index (χ1v) is 5.04. The Labute approximate surface area is 87.5 Å². The summed E-state index contributed by atoms with van der Waals surface area (Å²) in [6, 6.07) is 2.46. The Balaban J connectivity index is 2.36. The van der Waals surface area contributed by atoms with E-state index in [4.69, 9.17) is 5.73 Å². The number of fused-ring (bicyclic) bond motifs is 3. The van der Waals surface area contributed by atoms with E-state index in [1.165, 1.54) is 10.9 Å². The lowest BCUT2D eigenvalue weighted by molar-refractivity contribution is 0.841. The summed E-state index contributed by atoms with van der Waals surface area (Å²) in [6.07, 6.45) is 4.55. The van der Waals surface area contributed by atoms with Crippen LogP contribution in [-0.4, -0.2) is 16.0 Å². The highest BCUT2D eigenvalue weighted by Gasteiger charge is 2.20. The molecule has 0 saturated carbocycles. The van der Waals surface area contributed by atoms with Crippen LogP contribution in [0.5, 0.6) is 0 Å². The van der Waals surface area contributed by atoms with Crippen molar-refractivity contribution < 1.29 is 0 Å². The predicted molar refractivity (Wildman–Crippen MR) is 60.7 cm³/mol. The Morgan fingerprint density at radius 2 is 2.27 bits per heavy atom. The van der Waals surface area contributed by atoms with Crippen LogP contribution in [-0.2, 0) is 6.42 Å². The van der Waals surface area contributed by atoms with Gasteiger partial charge in [-0.1, -0.05) is 0 Å². The first kappa shape index (κ1) is 8.47. The molecule has 0 amide bonds. The van der Waals surface area contributed by atoms with Crippen molar-refractivity contribution in [3.8, 4) is 0 Å². The van der Waals surface area contributed by atoms with Crippen molar-refractivity contribution in [1.29, 1.82) is 0 Å². The van der Waals surface area contributed by atoms with Crippen LogP contribution in [0.2, 0.25) is 0 Å². The van der Waals surface area contributed by atoms with Crippen molar-refractivity contribution in [2.75, 3.05) is 11.1 Å². The smallest absolute Gasteiger partial charge is 0.132 e. The molecule has 0 radical (unpaired) electrons. The van der Waals surface area contributed by atoms with Gasteiger partial charge in [0.1, 0.15) is 11.6 Å². The van der Waals surface area contributed by atoms with Crippen LogP contribution in [0.25, 0.3) is 10.8 Å². The van der Waals surface area contributed by atoms with Crippen LogP contribution in [0.15, 0.2) is 18.5 Å². The summed E-state index contributed by atoms with van der Waals surface area (Å²) < 4.78 is 0. The minimum Gasteiger partial charge on any atom is -0.383 e. The molecule has 3 N–H and O–H groups in total. The molecule has 1 aliphatic heterocycles. The molecule has 15 heavy (non-hydrogen) atoms. The zero-order valence-electron chi connectivity index (χ0n) is 8.49. The van der Waals surface area contributed by atoms with E-state index in [2.05, 4.69) is 22.2 Å². The van der Waals surface area contributed by atoms with E-state index in [9.17, 15) is 0 Å². The van der Waals surface area contributed by atoms with Gasteiger partial charge in [-0.2, -0.15) is 0 Å². The number of anilines is 2. The second-order valence-corrected chi connectivity index (χ2v) is 3.99. The highest BCUT2D eigenvalue weighted by atomic mass is 15.0. The topological polar surface area (TPSA) is 63.8 Å². The lowest BCUT2D eigenvalue weighted by Gasteiger charge is -2.04. The van der Waals surface area contributed by atoms with Crippen molar-refractivity contribution in [1.82, 2.24) is 9.97 Å². The summed E-state index contributed by atoms with van der Waals surface area (Å²) in [4.78, 5) is 8.44. The Hall–Kier alpha value is -1.84. The van der Waals surface area contributed by atoms with Crippen molar-refractivity contribution >= 4 is 22.4 Å². The van der Waals surface area contributed by atoms with Crippen molar-refractivity contribution in [3.63, 3.8) is 0 Å². The lowest BCUT2D eigenvalue weighted by Crippen LogP contribution is -2.08. The van der Waals surface area contributed by atoms with Gasteiger partial charge in [-0.3, -0.25) is 0 Å². The fourth-order valence-electron chi connectivity index (χ4n) is 2.14. The lowest BCUT2D eigenvalue weighted by atomic mass is 10.1. The predicted octanol–water partition coefficient (Wildman–Crippen LogP) is 1.57. The van der Waals surface area contributed by atoms with E-state index in [0.29, 0.717) is 11.9 Å². The number of hydrogen-bond acceptors (Lipinski definition) is 4. The first-order valence-electron chi connectivity index (χ1n) is 5.04. The molecule has 3 heterocycles. The minimum atomic E-state index is 0.451. The van der Waals surface area contributed by atoms with E-state index >= 15 is 0 Å². The quantitative estimate of drug-likeness (QED) is 0.677. The molecule has 3 rings (SSSR count). The molecule has 0 saturated heterocycles. The van der Waals surface area contributed by atoms with Gasteiger partial charge in [-0.05, 0) is 24.8 Å². The molecule has 1 atom stereocenters. The van der Waals surface area contributed by atoms with E-state index in [0.717, 1.165) is 17.6 Å². The van der Waals surface area contributed by atoms with E-state index in [1.807, 2.05) is 6.07 Å². The highest BCUT2D eigenvalue weighted by molar-refractivity contribution is 5.95. The Bertz CT molecular complexity index is 535.